The number of benzene rings is 9. The van der Waals surface area contributed by atoms with E-state index >= 15 is 0 Å². The lowest BCUT2D eigenvalue weighted by atomic mass is 9.95. The van der Waals surface area contributed by atoms with Crippen molar-refractivity contribution in [1.29, 1.82) is 0 Å². The third kappa shape index (κ3) is 5.28. The molecule has 0 aliphatic heterocycles. The van der Waals surface area contributed by atoms with E-state index in [-0.39, 0.29) is 0 Å². The second kappa shape index (κ2) is 12.6. The molecule has 0 radical (unpaired) electrons. The van der Waals surface area contributed by atoms with Gasteiger partial charge in [0.15, 0.2) is 0 Å². The standard InChI is InChI=1S/C52H33NO2/c1-3-12-35(13-4-1)47-33-48-45-29-24-37(31-51(45)55-52(48)46-20-8-7-18-42(46)47)34-22-26-40(27-23-34)53(39-15-5-2-6-16-39)41-17-11-14-36(30-41)38-25-28-44-43-19-9-10-21-49(43)54-50(44)32-38/h1-33H. The van der Waals surface area contributed by atoms with E-state index in [1.165, 1.54) is 16.5 Å². The van der Waals surface area contributed by atoms with Gasteiger partial charge in [-0.1, -0.05) is 127 Å². The molecule has 0 aliphatic rings. The Morgan fingerprint density at radius 2 is 0.800 bits per heavy atom. The number of anilines is 3. The average Bonchev–Trinajstić information content (AvgIpc) is 3.82. The van der Waals surface area contributed by atoms with Gasteiger partial charge in [-0.15, -0.1) is 0 Å². The molecule has 0 spiro atoms. The van der Waals surface area contributed by atoms with Gasteiger partial charge in [-0.05, 0) is 112 Å². The van der Waals surface area contributed by atoms with Crippen molar-refractivity contribution in [1.82, 2.24) is 0 Å². The molecule has 3 heteroatoms. The number of fused-ring (bicyclic) bond motifs is 8. The number of nitrogens with zero attached hydrogens (tertiary/aromatic N) is 1. The molecule has 0 bridgehead atoms. The van der Waals surface area contributed by atoms with Gasteiger partial charge >= 0.3 is 0 Å². The van der Waals surface area contributed by atoms with Crippen LogP contribution in [0, 0.1) is 0 Å². The Labute approximate surface area is 317 Å². The number of rotatable bonds is 6. The Morgan fingerprint density at radius 3 is 1.58 bits per heavy atom. The van der Waals surface area contributed by atoms with E-state index in [9.17, 15) is 0 Å². The van der Waals surface area contributed by atoms with Crippen LogP contribution in [0.2, 0.25) is 0 Å². The molecule has 55 heavy (non-hydrogen) atoms. The van der Waals surface area contributed by atoms with Crippen molar-refractivity contribution >= 4 is 71.7 Å². The summed E-state index contributed by atoms with van der Waals surface area (Å²) in [4.78, 5) is 2.31. The number of furan rings is 2. The lowest BCUT2D eigenvalue weighted by molar-refractivity contribution is 0.669. The van der Waals surface area contributed by atoms with Gasteiger partial charge in [0.2, 0.25) is 0 Å². The molecule has 2 aromatic heterocycles. The number of hydrogen-bond acceptors (Lipinski definition) is 3. The summed E-state index contributed by atoms with van der Waals surface area (Å²) in [6.45, 7) is 0. The molecular formula is C52H33NO2. The molecule has 9 aromatic carbocycles. The van der Waals surface area contributed by atoms with E-state index < -0.39 is 0 Å². The van der Waals surface area contributed by atoms with Gasteiger partial charge < -0.3 is 13.7 Å². The van der Waals surface area contributed by atoms with Gasteiger partial charge in [0.05, 0.1) is 0 Å². The molecule has 258 valence electrons. The van der Waals surface area contributed by atoms with Crippen LogP contribution in [-0.2, 0) is 0 Å². The van der Waals surface area contributed by atoms with Crippen LogP contribution in [0.5, 0.6) is 0 Å². The zero-order valence-electron chi connectivity index (χ0n) is 29.8. The fraction of sp³-hybridized carbons (Fsp3) is 0. The van der Waals surface area contributed by atoms with Crippen LogP contribution in [0.25, 0.3) is 88.0 Å². The minimum atomic E-state index is 0.885. The molecule has 0 aliphatic carbocycles. The Balaban J connectivity index is 0.966. The first-order chi connectivity index (χ1) is 27.2. The Hall–Kier alpha value is -7.36. The molecule has 2 heterocycles. The van der Waals surface area contributed by atoms with E-state index in [0.29, 0.717) is 0 Å². The molecular weight excluding hydrogens is 671 g/mol. The predicted molar refractivity (Wildman–Crippen MR) is 229 cm³/mol. The highest BCUT2D eigenvalue weighted by molar-refractivity contribution is 6.19. The van der Waals surface area contributed by atoms with E-state index in [1.807, 2.05) is 12.1 Å². The number of para-hydroxylation sites is 2. The van der Waals surface area contributed by atoms with Crippen LogP contribution in [0.1, 0.15) is 0 Å². The van der Waals surface area contributed by atoms with Crippen LogP contribution in [0.3, 0.4) is 0 Å². The van der Waals surface area contributed by atoms with Gasteiger partial charge in [0.1, 0.15) is 22.3 Å². The molecule has 0 atom stereocenters. The van der Waals surface area contributed by atoms with Crippen molar-refractivity contribution in [3.05, 3.63) is 200 Å². The fourth-order valence-electron chi connectivity index (χ4n) is 8.19. The highest BCUT2D eigenvalue weighted by Gasteiger charge is 2.17. The van der Waals surface area contributed by atoms with Crippen molar-refractivity contribution < 1.29 is 8.83 Å². The van der Waals surface area contributed by atoms with E-state index in [1.54, 1.807) is 0 Å². The van der Waals surface area contributed by atoms with E-state index in [4.69, 9.17) is 8.83 Å². The van der Waals surface area contributed by atoms with E-state index in [2.05, 4.69) is 193 Å². The van der Waals surface area contributed by atoms with Crippen molar-refractivity contribution in [2.24, 2.45) is 0 Å². The Kier molecular flexibility index (Phi) is 7.17. The summed E-state index contributed by atoms with van der Waals surface area (Å²) < 4.78 is 12.9. The van der Waals surface area contributed by atoms with Crippen LogP contribution in [-0.4, -0.2) is 0 Å². The maximum atomic E-state index is 6.67. The summed E-state index contributed by atoms with van der Waals surface area (Å²) in [5.41, 5.74) is 13.7. The van der Waals surface area contributed by atoms with Crippen molar-refractivity contribution in [3.8, 4) is 33.4 Å². The summed E-state index contributed by atoms with van der Waals surface area (Å²) in [7, 11) is 0. The average molecular weight is 704 g/mol. The van der Waals surface area contributed by atoms with Crippen LogP contribution in [0.15, 0.2) is 209 Å². The van der Waals surface area contributed by atoms with Gasteiger partial charge in [0, 0.05) is 44.0 Å². The molecule has 11 rings (SSSR count). The quantitative estimate of drug-likeness (QED) is 0.173. The molecule has 0 N–H and O–H groups in total. The van der Waals surface area contributed by atoms with Crippen molar-refractivity contribution in [3.63, 3.8) is 0 Å². The predicted octanol–water partition coefficient (Wildman–Crippen LogP) is 15.1. The SMILES string of the molecule is c1ccc(-c2cc3c4ccc(-c5ccc(N(c6ccccc6)c6cccc(-c7ccc8c(c7)oc7ccccc78)c6)cc5)cc4oc3c3ccccc23)cc1. The maximum Gasteiger partial charge on any atom is 0.143 e. The van der Waals surface area contributed by atoms with Crippen LogP contribution < -0.4 is 4.90 Å². The summed E-state index contributed by atoms with van der Waals surface area (Å²) in [5, 5.41) is 6.84. The maximum absolute atomic E-state index is 6.67. The lowest BCUT2D eigenvalue weighted by Crippen LogP contribution is -2.09. The van der Waals surface area contributed by atoms with Gasteiger partial charge in [-0.3, -0.25) is 0 Å². The summed E-state index contributed by atoms with van der Waals surface area (Å²) in [6.07, 6.45) is 0. The largest absolute Gasteiger partial charge is 0.456 e. The normalized spacial score (nSPS) is 11.6. The zero-order valence-corrected chi connectivity index (χ0v) is 29.8. The molecule has 11 aromatic rings. The second-order valence-electron chi connectivity index (χ2n) is 14.1. The minimum absolute atomic E-state index is 0.885. The molecule has 0 fully saturated rings. The van der Waals surface area contributed by atoms with Crippen LogP contribution in [0.4, 0.5) is 17.1 Å². The Bertz CT molecular complexity index is 3190. The van der Waals surface area contributed by atoms with Crippen molar-refractivity contribution in [2.45, 2.75) is 0 Å². The summed E-state index contributed by atoms with van der Waals surface area (Å²) in [5.74, 6) is 0. The third-order valence-corrected chi connectivity index (χ3v) is 10.9. The first kappa shape index (κ1) is 31.2. The zero-order chi connectivity index (χ0) is 36.3. The molecule has 3 nitrogen and oxygen atoms in total. The molecule has 0 unspecified atom stereocenters. The van der Waals surface area contributed by atoms with Crippen LogP contribution >= 0.6 is 0 Å². The monoisotopic (exact) mass is 703 g/mol. The van der Waals surface area contributed by atoms with Gasteiger partial charge in [-0.2, -0.15) is 0 Å². The molecule has 0 saturated heterocycles. The third-order valence-electron chi connectivity index (χ3n) is 10.9. The van der Waals surface area contributed by atoms with Gasteiger partial charge in [0.25, 0.3) is 0 Å². The molecule has 0 amide bonds. The summed E-state index contributed by atoms with van der Waals surface area (Å²) in [6, 6.07) is 70.9. The first-order valence-electron chi connectivity index (χ1n) is 18.7. The minimum Gasteiger partial charge on any atom is -0.456 e. The Morgan fingerprint density at radius 1 is 0.273 bits per heavy atom. The topological polar surface area (TPSA) is 29.5 Å². The lowest BCUT2D eigenvalue weighted by Gasteiger charge is -2.26. The van der Waals surface area contributed by atoms with E-state index in [0.717, 1.165) is 88.6 Å². The second-order valence-corrected chi connectivity index (χ2v) is 14.1. The highest BCUT2D eigenvalue weighted by atomic mass is 16.3. The molecule has 0 saturated carbocycles. The first-order valence-corrected chi connectivity index (χ1v) is 18.7. The summed E-state index contributed by atoms with van der Waals surface area (Å²) >= 11 is 0. The smallest absolute Gasteiger partial charge is 0.143 e. The van der Waals surface area contributed by atoms with Crippen molar-refractivity contribution in [2.75, 3.05) is 4.90 Å². The van der Waals surface area contributed by atoms with Gasteiger partial charge in [-0.25, -0.2) is 0 Å². The fourth-order valence-corrected chi connectivity index (χ4v) is 8.19. The number of hydrogen-bond donors (Lipinski definition) is 0. The highest BCUT2D eigenvalue weighted by Crippen LogP contribution is 2.42.